The van der Waals surface area contributed by atoms with Crippen molar-refractivity contribution in [3.05, 3.63) is 59.7 Å². The molecule has 0 saturated carbocycles. The molecule has 0 fully saturated rings. The average molecular weight is 498 g/mol. The molecular formula is C24H30F3N3O5. The molecule has 0 aliphatic carbocycles. The van der Waals surface area contributed by atoms with Crippen LogP contribution in [0.5, 0.6) is 5.75 Å². The molecule has 0 unspecified atom stereocenters. The highest BCUT2D eigenvalue weighted by molar-refractivity contribution is 5.92. The van der Waals surface area contributed by atoms with Crippen molar-refractivity contribution in [2.75, 3.05) is 13.2 Å². The summed E-state index contributed by atoms with van der Waals surface area (Å²) in [4.78, 5) is 37.2. The fourth-order valence-electron chi connectivity index (χ4n) is 2.51. The molecule has 2 rings (SSSR count). The maximum Gasteiger partial charge on any atom is 0.407 e. The summed E-state index contributed by atoms with van der Waals surface area (Å²) in [6.45, 7) is 5.18. The van der Waals surface area contributed by atoms with Crippen molar-refractivity contribution in [3.8, 4) is 5.75 Å². The molecule has 0 spiro atoms. The first-order chi connectivity index (χ1) is 16.4. The van der Waals surface area contributed by atoms with Crippen LogP contribution in [0, 0.1) is 17.5 Å². The molecule has 1 aromatic carbocycles. The Kier molecular flexibility index (Phi) is 12.3. The van der Waals surface area contributed by atoms with E-state index in [0.29, 0.717) is 37.4 Å². The molecule has 2 amide bonds. The number of carbonyl (C=O) groups excluding carboxylic acids is 3. The summed E-state index contributed by atoms with van der Waals surface area (Å²) >= 11 is 0. The SMILES string of the molecule is CC(C)(C)OC(=O)NCCCCCC(=O)COc1c(F)ccc(F)c1F.NC(=O)c1ccncc1. The van der Waals surface area contributed by atoms with Crippen molar-refractivity contribution >= 4 is 17.8 Å². The van der Waals surface area contributed by atoms with E-state index in [1.807, 2.05) is 0 Å². The third-order valence-electron chi connectivity index (χ3n) is 4.14. The van der Waals surface area contributed by atoms with Gasteiger partial charge in [-0.05, 0) is 57.9 Å². The van der Waals surface area contributed by atoms with Gasteiger partial charge >= 0.3 is 6.09 Å². The average Bonchev–Trinajstić information content (AvgIpc) is 2.78. The Hall–Kier alpha value is -3.63. The molecule has 0 radical (unpaired) electrons. The summed E-state index contributed by atoms with van der Waals surface area (Å²) in [7, 11) is 0. The standard InChI is InChI=1S/C18H24F3NO4.C6H6N2O/c1-18(2,3)26-17(24)22-10-6-4-5-7-12(23)11-25-16-14(20)9-8-13(19)15(16)21;7-6(9)5-1-3-8-4-2-5/h8-9H,4-7,10-11H2,1-3H3,(H,22,24);1-4H,(H2,7,9). The second-order valence-corrected chi connectivity index (χ2v) is 8.34. The molecule has 8 nitrogen and oxygen atoms in total. The van der Waals surface area contributed by atoms with Crippen LogP contribution in [0.2, 0.25) is 0 Å². The second kappa shape index (κ2) is 14.6. The predicted octanol–water partition coefficient (Wildman–Crippen LogP) is 4.32. The molecule has 0 aliphatic rings. The van der Waals surface area contributed by atoms with Gasteiger partial charge in [0.1, 0.15) is 12.2 Å². The van der Waals surface area contributed by atoms with Crippen LogP contribution in [0.3, 0.4) is 0 Å². The van der Waals surface area contributed by atoms with Gasteiger partial charge in [-0.3, -0.25) is 14.6 Å². The number of rotatable bonds is 10. The first kappa shape index (κ1) is 29.4. The number of ketones is 1. The molecule has 2 aromatic rings. The molecule has 1 aromatic heterocycles. The zero-order chi connectivity index (χ0) is 26.4. The number of nitrogens with two attached hydrogens (primary N) is 1. The number of amides is 2. The van der Waals surface area contributed by atoms with Gasteiger partial charge < -0.3 is 20.5 Å². The Bertz CT molecular complexity index is 982. The summed E-state index contributed by atoms with van der Waals surface area (Å²) in [6.07, 6.45) is 4.57. The van der Waals surface area contributed by atoms with Gasteiger partial charge in [0.2, 0.25) is 11.7 Å². The molecule has 192 valence electrons. The third kappa shape index (κ3) is 12.4. The Morgan fingerprint density at radius 3 is 2.17 bits per heavy atom. The van der Waals surface area contributed by atoms with Gasteiger partial charge in [-0.2, -0.15) is 4.39 Å². The number of nitrogens with one attached hydrogen (secondary N) is 1. The van der Waals surface area contributed by atoms with Crippen molar-refractivity contribution in [2.24, 2.45) is 5.73 Å². The van der Waals surface area contributed by atoms with Crippen LogP contribution in [0.25, 0.3) is 0 Å². The topological polar surface area (TPSA) is 121 Å². The largest absolute Gasteiger partial charge is 0.480 e. The van der Waals surface area contributed by atoms with Crippen LogP contribution in [0.4, 0.5) is 18.0 Å². The highest BCUT2D eigenvalue weighted by Crippen LogP contribution is 2.23. The summed E-state index contributed by atoms with van der Waals surface area (Å²) in [5, 5.41) is 2.60. The van der Waals surface area contributed by atoms with E-state index in [1.54, 1.807) is 32.9 Å². The fraction of sp³-hybridized carbons (Fsp3) is 0.417. The van der Waals surface area contributed by atoms with Crippen molar-refractivity contribution in [2.45, 2.75) is 52.1 Å². The van der Waals surface area contributed by atoms with E-state index in [4.69, 9.17) is 15.2 Å². The molecule has 3 N–H and O–H groups in total. The maximum atomic E-state index is 13.4. The number of benzene rings is 1. The molecule has 0 bridgehead atoms. The Labute approximate surface area is 202 Å². The van der Waals surface area contributed by atoms with Gasteiger partial charge in [-0.1, -0.05) is 6.42 Å². The number of alkyl carbamates (subject to hydrolysis) is 1. The van der Waals surface area contributed by atoms with E-state index in [-0.39, 0.29) is 12.2 Å². The number of hydrogen-bond donors (Lipinski definition) is 2. The van der Waals surface area contributed by atoms with Crippen LogP contribution in [-0.2, 0) is 9.53 Å². The van der Waals surface area contributed by atoms with E-state index in [1.165, 1.54) is 12.4 Å². The number of Topliss-reactive ketones (excluding diaryl/α,β-unsaturated/α-hetero) is 1. The van der Waals surface area contributed by atoms with Gasteiger partial charge in [0.25, 0.3) is 0 Å². The third-order valence-corrected chi connectivity index (χ3v) is 4.14. The minimum Gasteiger partial charge on any atom is -0.480 e. The number of ether oxygens (including phenoxy) is 2. The molecule has 11 heteroatoms. The molecule has 0 aliphatic heterocycles. The van der Waals surface area contributed by atoms with Crippen molar-refractivity contribution < 1.29 is 37.0 Å². The van der Waals surface area contributed by atoms with Crippen LogP contribution < -0.4 is 15.8 Å². The fourth-order valence-corrected chi connectivity index (χ4v) is 2.51. The van der Waals surface area contributed by atoms with Gasteiger partial charge in [-0.15, -0.1) is 0 Å². The molecule has 35 heavy (non-hydrogen) atoms. The lowest BCUT2D eigenvalue weighted by Crippen LogP contribution is -2.33. The monoisotopic (exact) mass is 497 g/mol. The Balaban J connectivity index is 0.000000566. The van der Waals surface area contributed by atoms with Gasteiger partial charge in [0.15, 0.2) is 23.2 Å². The van der Waals surface area contributed by atoms with Crippen LogP contribution >= 0.6 is 0 Å². The van der Waals surface area contributed by atoms with E-state index in [0.717, 1.165) is 6.07 Å². The second-order valence-electron chi connectivity index (χ2n) is 8.34. The maximum absolute atomic E-state index is 13.4. The van der Waals surface area contributed by atoms with Crippen molar-refractivity contribution in [1.29, 1.82) is 0 Å². The van der Waals surface area contributed by atoms with Gasteiger partial charge in [0, 0.05) is 30.9 Å². The van der Waals surface area contributed by atoms with Gasteiger partial charge in [-0.25, -0.2) is 13.6 Å². The number of primary amides is 1. The Morgan fingerprint density at radius 1 is 0.971 bits per heavy atom. The molecular weight excluding hydrogens is 467 g/mol. The van der Waals surface area contributed by atoms with E-state index in [9.17, 15) is 27.6 Å². The first-order valence-electron chi connectivity index (χ1n) is 10.9. The van der Waals surface area contributed by atoms with Crippen LogP contribution in [0.1, 0.15) is 56.8 Å². The normalized spacial score (nSPS) is 10.6. The quantitative estimate of drug-likeness (QED) is 0.373. The lowest BCUT2D eigenvalue weighted by atomic mass is 10.1. The minimum absolute atomic E-state index is 0.158. The number of unbranched alkanes of at least 4 members (excludes halogenated alkanes) is 2. The lowest BCUT2D eigenvalue weighted by Gasteiger charge is -2.19. The van der Waals surface area contributed by atoms with Crippen LogP contribution in [-0.4, -0.2) is 41.5 Å². The van der Waals surface area contributed by atoms with Crippen molar-refractivity contribution in [1.82, 2.24) is 10.3 Å². The van der Waals surface area contributed by atoms with E-state index >= 15 is 0 Å². The summed E-state index contributed by atoms with van der Waals surface area (Å²) in [5.74, 6) is -5.42. The van der Waals surface area contributed by atoms with Crippen LogP contribution in [0.15, 0.2) is 36.7 Å². The highest BCUT2D eigenvalue weighted by atomic mass is 19.2. The smallest absolute Gasteiger partial charge is 0.407 e. The first-order valence-corrected chi connectivity index (χ1v) is 10.9. The lowest BCUT2D eigenvalue weighted by molar-refractivity contribution is -0.121. The van der Waals surface area contributed by atoms with Gasteiger partial charge in [0.05, 0.1) is 0 Å². The number of pyridine rings is 1. The Morgan fingerprint density at radius 2 is 1.60 bits per heavy atom. The number of hydrogen-bond acceptors (Lipinski definition) is 6. The zero-order valence-electron chi connectivity index (χ0n) is 19.9. The minimum atomic E-state index is -1.45. The van der Waals surface area contributed by atoms with E-state index < -0.39 is 47.4 Å². The predicted molar refractivity (Wildman–Crippen MR) is 122 cm³/mol. The summed E-state index contributed by atoms with van der Waals surface area (Å²) in [5.41, 5.74) is 4.88. The number of halogens is 3. The summed E-state index contributed by atoms with van der Waals surface area (Å²) < 4.78 is 49.6. The molecule has 1 heterocycles. The summed E-state index contributed by atoms with van der Waals surface area (Å²) in [6, 6.07) is 4.52. The zero-order valence-corrected chi connectivity index (χ0v) is 19.9. The molecule has 0 atom stereocenters. The molecule has 0 saturated heterocycles. The highest BCUT2D eigenvalue weighted by Gasteiger charge is 2.17. The number of carbonyl (C=O) groups is 3. The number of nitrogens with zero attached hydrogens (tertiary/aromatic N) is 1. The van der Waals surface area contributed by atoms with Crippen molar-refractivity contribution in [3.63, 3.8) is 0 Å². The van der Waals surface area contributed by atoms with E-state index in [2.05, 4.69) is 10.3 Å². The number of aromatic nitrogens is 1.